The highest BCUT2D eigenvalue weighted by atomic mass is 32.1. The van der Waals surface area contributed by atoms with Crippen molar-refractivity contribution in [1.82, 2.24) is 10.4 Å². The molecule has 4 heteroatoms. The van der Waals surface area contributed by atoms with Gasteiger partial charge in [0, 0.05) is 4.88 Å². The van der Waals surface area contributed by atoms with Crippen molar-refractivity contribution in [3.05, 3.63) is 51.5 Å². The molecule has 0 fully saturated rings. The SMILES string of the molecule is Cc1nc(C)c(C(Cc2ccccc2)NN)s1. The fraction of sp³-hybridized carbons (Fsp3) is 0.308. The molecule has 3 N–H and O–H groups in total. The van der Waals surface area contributed by atoms with Gasteiger partial charge in [-0.15, -0.1) is 11.3 Å². The molecule has 0 amide bonds. The quantitative estimate of drug-likeness (QED) is 0.644. The summed E-state index contributed by atoms with van der Waals surface area (Å²) in [6.07, 6.45) is 0.889. The van der Waals surface area contributed by atoms with Gasteiger partial charge in [0.25, 0.3) is 0 Å². The van der Waals surface area contributed by atoms with E-state index in [1.165, 1.54) is 10.4 Å². The molecule has 0 saturated carbocycles. The third-order valence-electron chi connectivity index (χ3n) is 2.74. The number of rotatable bonds is 4. The summed E-state index contributed by atoms with van der Waals surface area (Å²) in [5, 5.41) is 1.09. The van der Waals surface area contributed by atoms with Crippen molar-refractivity contribution >= 4 is 11.3 Å². The molecule has 1 aromatic carbocycles. The van der Waals surface area contributed by atoms with Crippen molar-refractivity contribution in [1.29, 1.82) is 0 Å². The zero-order valence-electron chi connectivity index (χ0n) is 10.1. The van der Waals surface area contributed by atoms with Gasteiger partial charge in [0.05, 0.1) is 16.7 Å². The number of nitrogens with one attached hydrogen (secondary N) is 1. The molecule has 0 aliphatic rings. The highest BCUT2D eigenvalue weighted by Gasteiger charge is 2.16. The van der Waals surface area contributed by atoms with Crippen LogP contribution in [0.3, 0.4) is 0 Å². The molecule has 0 radical (unpaired) electrons. The van der Waals surface area contributed by atoms with E-state index in [1.807, 2.05) is 32.0 Å². The first-order chi connectivity index (χ1) is 8.20. The molecule has 0 bridgehead atoms. The standard InChI is InChI=1S/C13H17N3S/c1-9-13(17-10(2)15-9)12(16-14)8-11-6-4-3-5-7-11/h3-7,12,16H,8,14H2,1-2H3. The van der Waals surface area contributed by atoms with Gasteiger partial charge >= 0.3 is 0 Å². The summed E-state index contributed by atoms with van der Waals surface area (Å²) in [6.45, 7) is 4.06. The largest absolute Gasteiger partial charge is 0.271 e. The van der Waals surface area contributed by atoms with Crippen LogP contribution < -0.4 is 11.3 Å². The third-order valence-corrected chi connectivity index (χ3v) is 3.93. The Hall–Kier alpha value is -1.23. The lowest BCUT2D eigenvalue weighted by Gasteiger charge is -2.14. The first kappa shape index (κ1) is 12.2. The van der Waals surface area contributed by atoms with Crippen LogP contribution in [0.1, 0.15) is 27.2 Å². The van der Waals surface area contributed by atoms with Gasteiger partial charge in [0.15, 0.2) is 0 Å². The predicted octanol–water partition coefficient (Wildman–Crippen LogP) is 2.51. The van der Waals surface area contributed by atoms with E-state index >= 15 is 0 Å². The van der Waals surface area contributed by atoms with Gasteiger partial charge in [0.1, 0.15) is 0 Å². The van der Waals surface area contributed by atoms with Crippen molar-refractivity contribution < 1.29 is 0 Å². The Morgan fingerprint density at radius 2 is 2.00 bits per heavy atom. The van der Waals surface area contributed by atoms with Crippen LogP contribution in [0.5, 0.6) is 0 Å². The van der Waals surface area contributed by atoms with E-state index in [4.69, 9.17) is 5.84 Å². The molecule has 1 atom stereocenters. The smallest absolute Gasteiger partial charge is 0.0900 e. The second-order valence-corrected chi connectivity index (χ2v) is 5.33. The lowest BCUT2D eigenvalue weighted by molar-refractivity contribution is 0.557. The van der Waals surface area contributed by atoms with Gasteiger partial charge in [-0.3, -0.25) is 11.3 Å². The first-order valence-electron chi connectivity index (χ1n) is 5.64. The lowest BCUT2D eigenvalue weighted by Crippen LogP contribution is -2.29. The van der Waals surface area contributed by atoms with Gasteiger partial charge in [-0.05, 0) is 25.8 Å². The van der Waals surface area contributed by atoms with Crippen LogP contribution in [-0.2, 0) is 6.42 Å². The predicted molar refractivity (Wildman–Crippen MR) is 71.8 cm³/mol. The Morgan fingerprint density at radius 3 is 2.53 bits per heavy atom. The Kier molecular flexibility index (Phi) is 3.89. The zero-order valence-corrected chi connectivity index (χ0v) is 10.9. The summed E-state index contributed by atoms with van der Waals surface area (Å²) in [4.78, 5) is 5.67. The minimum Gasteiger partial charge on any atom is -0.271 e. The van der Waals surface area contributed by atoms with Crippen LogP contribution in [-0.4, -0.2) is 4.98 Å². The zero-order chi connectivity index (χ0) is 12.3. The fourth-order valence-corrected chi connectivity index (χ4v) is 2.94. The molecule has 2 aromatic rings. The highest BCUT2D eigenvalue weighted by molar-refractivity contribution is 7.11. The van der Waals surface area contributed by atoms with Gasteiger partial charge in [0.2, 0.25) is 0 Å². The maximum atomic E-state index is 5.66. The molecule has 3 nitrogen and oxygen atoms in total. The van der Waals surface area contributed by atoms with Crippen LogP contribution in [0.4, 0.5) is 0 Å². The maximum Gasteiger partial charge on any atom is 0.0900 e. The Labute approximate surface area is 106 Å². The lowest BCUT2D eigenvalue weighted by atomic mass is 10.0. The summed E-state index contributed by atoms with van der Waals surface area (Å²) < 4.78 is 0. The Bertz CT molecular complexity index is 479. The number of nitrogens with two attached hydrogens (primary N) is 1. The van der Waals surface area contributed by atoms with Gasteiger partial charge in [-0.2, -0.15) is 0 Å². The molecular formula is C13H17N3S. The second kappa shape index (κ2) is 5.40. The number of aryl methyl sites for hydroxylation is 2. The topological polar surface area (TPSA) is 50.9 Å². The molecule has 17 heavy (non-hydrogen) atoms. The molecule has 0 saturated heterocycles. The van der Waals surface area contributed by atoms with Gasteiger partial charge in [-0.25, -0.2) is 4.98 Å². The normalized spacial score (nSPS) is 12.6. The fourth-order valence-electron chi connectivity index (χ4n) is 1.95. The first-order valence-corrected chi connectivity index (χ1v) is 6.46. The van der Waals surface area contributed by atoms with E-state index in [-0.39, 0.29) is 6.04 Å². The number of hydrazine groups is 1. The number of aromatic nitrogens is 1. The summed E-state index contributed by atoms with van der Waals surface area (Å²) >= 11 is 1.71. The van der Waals surface area contributed by atoms with E-state index in [1.54, 1.807) is 11.3 Å². The molecule has 1 heterocycles. The summed E-state index contributed by atoms with van der Waals surface area (Å²) in [7, 11) is 0. The average Bonchev–Trinajstić information content (AvgIpc) is 2.67. The monoisotopic (exact) mass is 247 g/mol. The molecule has 90 valence electrons. The Morgan fingerprint density at radius 1 is 1.29 bits per heavy atom. The summed E-state index contributed by atoms with van der Waals surface area (Å²) in [5.41, 5.74) is 5.25. The van der Waals surface area contributed by atoms with Crippen molar-refractivity contribution in [3.8, 4) is 0 Å². The molecule has 1 unspecified atom stereocenters. The van der Waals surface area contributed by atoms with Gasteiger partial charge in [-0.1, -0.05) is 30.3 Å². The van der Waals surface area contributed by atoms with Crippen molar-refractivity contribution in [3.63, 3.8) is 0 Å². The van der Waals surface area contributed by atoms with Crippen LogP contribution in [0.2, 0.25) is 0 Å². The molecule has 1 aromatic heterocycles. The Balaban J connectivity index is 2.20. The van der Waals surface area contributed by atoms with Crippen molar-refractivity contribution in [2.24, 2.45) is 5.84 Å². The van der Waals surface area contributed by atoms with E-state index in [2.05, 4.69) is 22.5 Å². The molecule has 0 aliphatic heterocycles. The summed E-state index contributed by atoms with van der Waals surface area (Å²) in [6, 6.07) is 10.5. The number of benzene rings is 1. The highest BCUT2D eigenvalue weighted by Crippen LogP contribution is 2.26. The van der Waals surface area contributed by atoms with E-state index < -0.39 is 0 Å². The minimum absolute atomic E-state index is 0.142. The van der Waals surface area contributed by atoms with E-state index in [0.717, 1.165) is 17.1 Å². The molecule has 0 spiro atoms. The summed E-state index contributed by atoms with van der Waals surface area (Å²) in [5.74, 6) is 5.66. The van der Waals surface area contributed by atoms with Crippen LogP contribution in [0.25, 0.3) is 0 Å². The number of hydrogen-bond acceptors (Lipinski definition) is 4. The van der Waals surface area contributed by atoms with E-state index in [9.17, 15) is 0 Å². The van der Waals surface area contributed by atoms with Crippen LogP contribution in [0.15, 0.2) is 30.3 Å². The van der Waals surface area contributed by atoms with Crippen molar-refractivity contribution in [2.75, 3.05) is 0 Å². The van der Waals surface area contributed by atoms with Gasteiger partial charge < -0.3 is 0 Å². The van der Waals surface area contributed by atoms with Crippen LogP contribution in [0, 0.1) is 13.8 Å². The second-order valence-electron chi connectivity index (χ2n) is 4.09. The van der Waals surface area contributed by atoms with Crippen LogP contribution >= 0.6 is 11.3 Å². The molecule has 2 rings (SSSR count). The van der Waals surface area contributed by atoms with Crippen molar-refractivity contribution in [2.45, 2.75) is 26.3 Å². The third kappa shape index (κ3) is 2.91. The number of nitrogens with zero attached hydrogens (tertiary/aromatic N) is 1. The molecule has 0 aliphatic carbocycles. The minimum atomic E-state index is 0.142. The number of hydrogen-bond donors (Lipinski definition) is 2. The number of thiazole rings is 1. The molecular weight excluding hydrogens is 230 g/mol. The van der Waals surface area contributed by atoms with E-state index in [0.29, 0.717) is 0 Å². The maximum absolute atomic E-state index is 5.66. The average molecular weight is 247 g/mol.